The fourth-order valence-corrected chi connectivity index (χ4v) is 6.88. The molecular weight excluding hydrogens is 617 g/mol. The lowest BCUT2D eigenvalue weighted by atomic mass is 9.96. The van der Waals surface area contributed by atoms with Crippen LogP contribution in [0, 0.1) is 23.1 Å². The van der Waals surface area contributed by atoms with Crippen molar-refractivity contribution in [3.63, 3.8) is 0 Å². The normalized spacial score (nSPS) is 22.7. The fraction of sp³-hybridized carbons (Fsp3) is 0.467. The smallest absolute Gasteiger partial charge is 0.433 e. The maximum atomic E-state index is 14.8. The molecule has 4 aromatic rings. The number of benzene rings is 1. The number of hydrogen-bond donors (Lipinski definition) is 3. The van der Waals surface area contributed by atoms with Gasteiger partial charge in [-0.15, -0.1) is 11.3 Å². The highest BCUT2D eigenvalue weighted by Crippen LogP contribution is 2.45. The Kier molecular flexibility index (Phi) is 8.64. The summed E-state index contributed by atoms with van der Waals surface area (Å²) >= 11 is 0.778. The number of rotatable bonds is 6. The van der Waals surface area contributed by atoms with Gasteiger partial charge in [-0.3, -0.25) is 0 Å². The topological polar surface area (TPSA) is 131 Å². The average Bonchev–Trinajstić information content (AvgIpc) is 3.55. The first kappa shape index (κ1) is 31.1. The predicted molar refractivity (Wildman–Crippen MR) is 159 cm³/mol. The molecule has 0 bridgehead atoms. The van der Waals surface area contributed by atoms with E-state index in [0.29, 0.717) is 25.9 Å². The quantitative estimate of drug-likeness (QED) is 0.224. The fourth-order valence-electron chi connectivity index (χ4n) is 5.93. The number of nitrogens with two attached hydrogens (primary N) is 1. The first-order valence-corrected chi connectivity index (χ1v) is 15.4. The number of thiophene rings is 1. The number of nitriles is 1. The van der Waals surface area contributed by atoms with Gasteiger partial charge in [0.2, 0.25) is 5.88 Å². The number of halogens is 5. The summed E-state index contributed by atoms with van der Waals surface area (Å²) < 4.78 is 85.0. The van der Waals surface area contributed by atoms with Gasteiger partial charge < -0.3 is 25.8 Å². The van der Waals surface area contributed by atoms with Gasteiger partial charge in [0.1, 0.15) is 34.7 Å². The van der Waals surface area contributed by atoms with E-state index < -0.39 is 35.5 Å². The number of hydrogen-bond acceptors (Lipinski definition) is 10. The lowest BCUT2D eigenvalue weighted by Gasteiger charge is -2.23. The summed E-state index contributed by atoms with van der Waals surface area (Å²) in [5.41, 5.74) is 3.79. The van der Waals surface area contributed by atoms with Crippen molar-refractivity contribution in [2.45, 2.75) is 57.1 Å². The van der Waals surface area contributed by atoms with Crippen LogP contribution < -0.4 is 25.8 Å². The molecular formula is C30H30F5N7O2S. The summed E-state index contributed by atoms with van der Waals surface area (Å²) in [6, 6.07) is 5.22. The number of nitrogens with zero attached hydrogens (tertiary/aromatic N) is 4. The molecule has 2 aliphatic heterocycles. The van der Waals surface area contributed by atoms with Crippen molar-refractivity contribution in [3.05, 3.63) is 35.3 Å². The van der Waals surface area contributed by atoms with Crippen LogP contribution in [0.25, 0.3) is 32.2 Å². The van der Waals surface area contributed by atoms with Gasteiger partial charge in [0.25, 0.3) is 0 Å². The van der Waals surface area contributed by atoms with Crippen LogP contribution in [0.5, 0.6) is 11.9 Å². The van der Waals surface area contributed by atoms with Crippen molar-refractivity contribution in [1.82, 2.24) is 25.6 Å². The standard InChI is InChI=1S/C30H30F5N7O2S/c1-14-7-17(12-39-14)44-28-24-22(40-29(42-28)43-13-15-3-2-6-38-11-16(31)8-15)9-19(26(41-24)30(33,34)35)18-4-5-21(32)25-23(18)20(10-36)27(37)45-25/h4-5,9,14-17,38-39H,2-3,6-8,11-13,37H2,1H3. The molecule has 2 aliphatic rings. The minimum atomic E-state index is -4.95. The molecule has 1 aromatic carbocycles. The average molecular weight is 648 g/mol. The number of fused-ring (bicyclic) bond motifs is 2. The van der Waals surface area contributed by atoms with E-state index in [0.717, 1.165) is 23.8 Å². The first-order chi connectivity index (χ1) is 21.5. The summed E-state index contributed by atoms with van der Waals surface area (Å²) in [7, 11) is 0. The van der Waals surface area contributed by atoms with Crippen LogP contribution in [0.15, 0.2) is 18.2 Å². The molecule has 2 saturated heterocycles. The Hall–Kier alpha value is -3.87. The van der Waals surface area contributed by atoms with Crippen molar-refractivity contribution >= 4 is 37.5 Å². The second-order valence-corrected chi connectivity index (χ2v) is 12.5. The van der Waals surface area contributed by atoms with E-state index in [-0.39, 0.29) is 80.7 Å². The Balaban J connectivity index is 1.49. The molecule has 0 radical (unpaired) electrons. The van der Waals surface area contributed by atoms with E-state index >= 15 is 0 Å². The molecule has 0 aliphatic carbocycles. The summed E-state index contributed by atoms with van der Waals surface area (Å²) in [5.74, 6) is -1.02. The summed E-state index contributed by atoms with van der Waals surface area (Å²) in [5, 5.41) is 16.0. The molecule has 4 N–H and O–H groups in total. The monoisotopic (exact) mass is 647 g/mol. The number of pyridine rings is 1. The largest absolute Gasteiger partial charge is 0.471 e. The number of aromatic nitrogens is 3. The molecule has 0 saturated carbocycles. The van der Waals surface area contributed by atoms with Crippen molar-refractivity contribution in [2.75, 3.05) is 32.0 Å². The zero-order chi connectivity index (χ0) is 31.9. The molecule has 4 unspecified atom stereocenters. The van der Waals surface area contributed by atoms with Crippen LogP contribution in [0.3, 0.4) is 0 Å². The minimum absolute atomic E-state index is 0.0126. The molecule has 3 aromatic heterocycles. The van der Waals surface area contributed by atoms with Crippen LogP contribution in [-0.4, -0.2) is 59.5 Å². The van der Waals surface area contributed by atoms with E-state index in [4.69, 9.17) is 15.2 Å². The number of alkyl halides is 4. The summed E-state index contributed by atoms with van der Waals surface area (Å²) in [6.07, 6.45) is -3.98. The zero-order valence-electron chi connectivity index (χ0n) is 24.2. The Morgan fingerprint density at radius 3 is 2.71 bits per heavy atom. The van der Waals surface area contributed by atoms with Crippen LogP contribution in [0.4, 0.5) is 27.0 Å². The second-order valence-electron chi connectivity index (χ2n) is 11.5. The maximum absolute atomic E-state index is 14.8. The van der Waals surface area contributed by atoms with Gasteiger partial charge in [0.15, 0.2) is 11.2 Å². The van der Waals surface area contributed by atoms with E-state index in [2.05, 4.69) is 25.6 Å². The minimum Gasteiger partial charge on any atom is -0.471 e. The predicted octanol–water partition coefficient (Wildman–Crippen LogP) is 5.75. The third kappa shape index (κ3) is 6.45. The summed E-state index contributed by atoms with van der Waals surface area (Å²) in [4.78, 5) is 12.7. The number of anilines is 1. The Morgan fingerprint density at radius 2 is 1.98 bits per heavy atom. The van der Waals surface area contributed by atoms with E-state index in [1.807, 2.05) is 13.0 Å². The van der Waals surface area contributed by atoms with Crippen LogP contribution in [0.1, 0.15) is 43.9 Å². The van der Waals surface area contributed by atoms with Crippen molar-refractivity contribution < 1.29 is 31.4 Å². The zero-order valence-corrected chi connectivity index (χ0v) is 25.0. The Morgan fingerprint density at radius 1 is 1.16 bits per heavy atom. The highest BCUT2D eigenvalue weighted by molar-refractivity contribution is 7.23. The lowest BCUT2D eigenvalue weighted by Crippen LogP contribution is -2.31. The highest BCUT2D eigenvalue weighted by atomic mass is 32.1. The molecule has 0 spiro atoms. The van der Waals surface area contributed by atoms with Crippen LogP contribution in [-0.2, 0) is 6.18 Å². The van der Waals surface area contributed by atoms with Gasteiger partial charge in [-0.1, -0.05) is 6.07 Å². The lowest BCUT2D eigenvalue weighted by molar-refractivity contribution is -0.140. The van der Waals surface area contributed by atoms with E-state index in [1.54, 1.807) is 0 Å². The molecule has 2 fully saturated rings. The number of ether oxygens (including phenoxy) is 2. The Labute approximate surface area is 259 Å². The third-order valence-corrected chi connectivity index (χ3v) is 9.09. The van der Waals surface area contributed by atoms with E-state index in [9.17, 15) is 27.2 Å². The molecule has 6 rings (SSSR count). The van der Waals surface area contributed by atoms with E-state index in [1.165, 1.54) is 12.1 Å². The van der Waals surface area contributed by atoms with Crippen molar-refractivity contribution in [3.8, 4) is 29.1 Å². The van der Waals surface area contributed by atoms with Crippen molar-refractivity contribution in [2.24, 2.45) is 5.92 Å². The van der Waals surface area contributed by atoms with Crippen molar-refractivity contribution in [1.29, 1.82) is 5.26 Å². The molecule has 238 valence electrons. The molecule has 5 heterocycles. The highest BCUT2D eigenvalue weighted by Gasteiger charge is 2.38. The second kappa shape index (κ2) is 12.5. The maximum Gasteiger partial charge on any atom is 0.433 e. The van der Waals surface area contributed by atoms with Gasteiger partial charge in [-0.05, 0) is 56.3 Å². The molecule has 45 heavy (non-hydrogen) atoms. The SMILES string of the molecule is CC1CC(Oc2nc(OCC3CCCNCC(F)C3)nc3cc(-c4ccc(F)c5sc(N)c(C#N)c45)c(C(F)(F)F)nc23)CN1. The first-order valence-electron chi connectivity index (χ1n) is 14.6. The Bertz CT molecular complexity index is 1780. The van der Waals surface area contributed by atoms with Crippen LogP contribution >= 0.6 is 11.3 Å². The molecule has 15 heteroatoms. The third-order valence-electron chi connectivity index (χ3n) is 8.06. The van der Waals surface area contributed by atoms with Crippen LogP contribution in [0.2, 0.25) is 0 Å². The molecule has 4 atom stereocenters. The molecule has 0 amide bonds. The van der Waals surface area contributed by atoms with Gasteiger partial charge in [-0.25, -0.2) is 13.8 Å². The summed E-state index contributed by atoms with van der Waals surface area (Å²) in [6.45, 7) is 3.45. The van der Waals surface area contributed by atoms with Gasteiger partial charge in [0.05, 0.1) is 16.9 Å². The van der Waals surface area contributed by atoms with Gasteiger partial charge >= 0.3 is 12.2 Å². The molecule has 9 nitrogen and oxygen atoms in total. The number of nitrogen functional groups attached to an aromatic ring is 1. The number of nitrogens with one attached hydrogen (secondary N) is 2. The van der Waals surface area contributed by atoms with Gasteiger partial charge in [-0.2, -0.15) is 28.4 Å². The van der Waals surface area contributed by atoms with Gasteiger partial charge in [0, 0.05) is 36.5 Å².